The number of H-pyrrole nitrogens is 1. The molecule has 3 N–H and O–H groups in total. The summed E-state index contributed by atoms with van der Waals surface area (Å²) in [5.41, 5.74) is 7.13. The molecule has 0 amide bonds. The fraction of sp³-hybridized carbons (Fsp3) is 0.0833. The Morgan fingerprint density at radius 1 is 1.41 bits per heavy atom. The highest BCUT2D eigenvalue weighted by atomic mass is 32.2. The first-order valence-corrected chi connectivity index (χ1v) is 5.96. The van der Waals surface area contributed by atoms with Crippen molar-refractivity contribution >= 4 is 17.4 Å². The molecule has 0 spiro atoms. The Kier molecular flexibility index (Phi) is 3.10. The number of nitrogens with zero attached hydrogens (tertiary/aromatic N) is 1. The molecule has 0 aliphatic carbocycles. The molecule has 0 unspecified atom stereocenters. The van der Waals surface area contributed by atoms with Gasteiger partial charge in [0.05, 0.1) is 11.4 Å². The van der Waals surface area contributed by atoms with Gasteiger partial charge >= 0.3 is 0 Å². The highest BCUT2D eigenvalue weighted by Gasteiger charge is 2.08. The van der Waals surface area contributed by atoms with Crippen LogP contribution in [0, 0.1) is 6.92 Å². The molecule has 1 heterocycles. The topological polar surface area (TPSA) is 63.8 Å². The Morgan fingerprint density at radius 3 is 2.53 bits per heavy atom. The predicted molar refractivity (Wildman–Crippen MR) is 71.6 cm³/mol. The number of aromatic amines is 1. The van der Waals surface area contributed by atoms with Crippen molar-refractivity contribution in [2.24, 2.45) is 0 Å². The molecule has 0 radical (unpaired) electrons. The summed E-state index contributed by atoms with van der Waals surface area (Å²) >= 11 is 1.53. The van der Waals surface area contributed by atoms with Gasteiger partial charge in [-0.1, -0.05) is 18.3 Å². The third-order valence-electron chi connectivity index (χ3n) is 2.43. The third kappa shape index (κ3) is 2.14. The maximum atomic E-state index is 11.8. The molecule has 2 rings (SSSR count). The quantitative estimate of drug-likeness (QED) is 0.818. The molecule has 0 aliphatic heterocycles. The summed E-state index contributed by atoms with van der Waals surface area (Å²) in [5.74, 6) is 0. The Balaban J connectivity index is 2.43. The lowest BCUT2D eigenvalue weighted by Gasteiger charge is -2.02. The van der Waals surface area contributed by atoms with Crippen LogP contribution in [-0.2, 0) is 0 Å². The lowest BCUT2D eigenvalue weighted by Crippen LogP contribution is -2.16. The normalized spacial score (nSPS) is 10.4. The summed E-state index contributed by atoms with van der Waals surface area (Å²) < 4.78 is 1.44. The number of anilines is 1. The minimum atomic E-state index is -0.216. The second-order valence-electron chi connectivity index (χ2n) is 3.57. The largest absolute Gasteiger partial charge is 0.393 e. The van der Waals surface area contributed by atoms with Gasteiger partial charge in [-0.05, 0) is 36.6 Å². The van der Waals surface area contributed by atoms with Crippen LogP contribution in [0.2, 0.25) is 0 Å². The third-order valence-corrected chi connectivity index (χ3v) is 3.14. The highest BCUT2D eigenvalue weighted by Crippen LogP contribution is 2.19. The van der Waals surface area contributed by atoms with Crippen LogP contribution in [0.15, 0.2) is 45.9 Å². The molecular formula is C12H13N3OS. The fourth-order valence-electron chi connectivity index (χ4n) is 1.51. The van der Waals surface area contributed by atoms with E-state index in [-0.39, 0.29) is 11.2 Å². The zero-order valence-corrected chi connectivity index (χ0v) is 10.3. The lowest BCUT2D eigenvalue weighted by molar-refractivity contribution is 0.834. The van der Waals surface area contributed by atoms with E-state index in [1.54, 1.807) is 12.3 Å². The molecule has 0 bridgehead atoms. The van der Waals surface area contributed by atoms with Crippen molar-refractivity contribution < 1.29 is 0 Å². The number of benzene rings is 1. The zero-order valence-electron chi connectivity index (χ0n) is 9.43. The van der Waals surface area contributed by atoms with Gasteiger partial charge in [-0.25, -0.2) is 4.68 Å². The van der Waals surface area contributed by atoms with Gasteiger partial charge in [-0.3, -0.25) is 9.89 Å². The van der Waals surface area contributed by atoms with Crippen molar-refractivity contribution in [2.75, 3.05) is 5.73 Å². The van der Waals surface area contributed by atoms with Crippen LogP contribution in [0.1, 0.15) is 5.69 Å². The first-order valence-electron chi connectivity index (χ1n) is 5.08. The number of hydrogen-bond acceptors (Lipinski definition) is 3. The molecule has 1 aromatic carbocycles. The summed E-state index contributed by atoms with van der Waals surface area (Å²) in [6, 6.07) is 7.59. The average Bonchev–Trinajstić information content (AvgIpc) is 2.59. The summed E-state index contributed by atoms with van der Waals surface area (Å²) in [7, 11) is 0. The van der Waals surface area contributed by atoms with E-state index in [4.69, 9.17) is 5.73 Å². The van der Waals surface area contributed by atoms with E-state index >= 15 is 0 Å². The van der Waals surface area contributed by atoms with Crippen LogP contribution in [0.5, 0.6) is 0 Å². The van der Waals surface area contributed by atoms with Crippen LogP contribution in [0.4, 0.5) is 5.69 Å². The number of nitrogen functional groups attached to an aromatic ring is 1. The molecule has 4 nitrogen and oxygen atoms in total. The van der Waals surface area contributed by atoms with Crippen molar-refractivity contribution in [3.05, 3.63) is 52.3 Å². The number of hydrogen-bond donors (Lipinski definition) is 2. The van der Waals surface area contributed by atoms with Crippen LogP contribution in [-0.4, -0.2) is 9.78 Å². The number of aryl methyl sites for hydroxylation is 1. The van der Waals surface area contributed by atoms with Crippen molar-refractivity contribution in [3.63, 3.8) is 0 Å². The second-order valence-corrected chi connectivity index (χ2v) is 4.61. The molecule has 2 aromatic rings. The number of nitrogens with one attached hydrogen (secondary N) is 1. The minimum absolute atomic E-state index is 0.216. The van der Waals surface area contributed by atoms with E-state index in [0.29, 0.717) is 5.69 Å². The van der Waals surface area contributed by atoms with E-state index in [1.807, 2.05) is 24.3 Å². The Labute approximate surface area is 103 Å². The van der Waals surface area contributed by atoms with Crippen molar-refractivity contribution in [1.82, 2.24) is 9.78 Å². The van der Waals surface area contributed by atoms with E-state index in [1.165, 1.54) is 16.4 Å². The van der Waals surface area contributed by atoms with Gasteiger partial charge in [0.1, 0.15) is 5.69 Å². The molecular weight excluding hydrogens is 234 g/mol. The van der Waals surface area contributed by atoms with Crippen LogP contribution in [0.25, 0.3) is 5.69 Å². The maximum absolute atomic E-state index is 11.8. The van der Waals surface area contributed by atoms with Crippen molar-refractivity contribution in [3.8, 4) is 5.69 Å². The zero-order chi connectivity index (χ0) is 12.4. The fourth-order valence-corrected chi connectivity index (χ4v) is 2.00. The molecule has 1 aromatic heterocycles. The molecule has 0 atom stereocenters. The van der Waals surface area contributed by atoms with E-state index in [9.17, 15) is 4.79 Å². The second kappa shape index (κ2) is 4.55. The van der Waals surface area contributed by atoms with Crippen LogP contribution < -0.4 is 11.3 Å². The molecule has 5 heteroatoms. The van der Waals surface area contributed by atoms with E-state index in [0.717, 1.165) is 10.6 Å². The molecule has 0 fully saturated rings. The lowest BCUT2D eigenvalue weighted by atomic mass is 10.3. The molecule has 17 heavy (non-hydrogen) atoms. The van der Waals surface area contributed by atoms with Gasteiger partial charge in [-0.15, -0.1) is 0 Å². The number of nitrogens with two attached hydrogens (primary N) is 1. The number of thioether (sulfide) groups is 1. The summed E-state index contributed by atoms with van der Waals surface area (Å²) in [4.78, 5) is 12.9. The first-order chi connectivity index (χ1) is 8.13. The number of aromatic nitrogens is 2. The van der Waals surface area contributed by atoms with Crippen LogP contribution in [0.3, 0.4) is 0 Å². The minimum Gasteiger partial charge on any atom is -0.393 e. The van der Waals surface area contributed by atoms with Gasteiger partial charge in [0.15, 0.2) is 0 Å². The molecule has 0 saturated carbocycles. The van der Waals surface area contributed by atoms with Gasteiger partial charge < -0.3 is 5.73 Å². The Hall–Kier alpha value is -1.88. The number of rotatable bonds is 3. The molecule has 0 aliphatic rings. The van der Waals surface area contributed by atoms with E-state index in [2.05, 4.69) is 11.7 Å². The average molecular weight is 247 g/mol. The van der Waals surface area contributed by atoms with Crippen molar-refractivity contribution in [2.45, 2.75) is 11.8 Å². The Bertz CT molecular complexity index is 595. The smallest absolute Gasteiger partial charge is 0.294 e. The van der Waals surface area contributed by atoms with Gasteiger partial charge in [-0.2, -0.15) is 0 Å². The SMILES string of the molecule is C=CSc1ccc(-n2[nH]c(C)c(N)c2=O)cc1. The summed E-state index contributed by atoms with van der Waals surface area (Å²) in [6.07, 6.45) is 0. The highest BCUT2D eigenvalue weighted by molar-refractivity contribution is 8.02. The maximum Gasteiger partial charge on any atom is 0.294 e. The van der Waals surface area contributed by atoms with Gasteiger partial charge in [0, 0.05) is 4.90 Å². The molecule has 0 saturated heterocycles. The standard InChI is InChI=1S/C12H13N3OS/c1-3-17-10-6-4-9(5-7-10)15-12(16)11(13)8(2)14-15/h3-7,14H,1,13H2,2H3. The summed E-state index contributed by atoms with van der Waals surface area (Å²) in [6.45, 7) is 5.42. The predicted octanol–water partition coefficient (Wildman–Crippen LogP) is 2.29. The van der Waals surface area contributed by atoms with Crippen LogP contribution >= 0.6 is 11.8 Å². The summed E-state index contributed by atoms with van der Waals surface area (Å²) in [5, 5.41) is 4.69. The van der Waals surface area contributed by atoms with Crippen molar-refractivity contribution in [1.29, 1.82) is 0 Å². The van der Waals surface area contributed by atoms with Gasteiger partial charge in [0.25, 0.3) is 5.56 Å². The Morgan fingerprint density at radius 2 is 2.06 bits per heavy atom. The van der Waals surface area contributed by atoms with Gasteiger partial charge in [0.2, 0.25) is 0 Å². The van der Waals surface area contributed by atoms with E-state index < -0.39 is 0 Å². The monoisotopic (exact) mass is 247 g/mol. The molecule has 88 valence electrons. The first kappa shape index (κ1) is 11.6.